The number of thiocarbonyl (C=S) groups is 1. The van der Waals surface area contributed by atoms with E-state index in [2.05, 4.69) is 4.74 Å². The molecule has 1 saturated heterocycles. The molecule has 21 heavy (non-hydrogen) atoms. The number of methoxy groups -OCH3 is 1. The fourth-order valence-electron chi connectivity index (χ4n) is 2.42. The van der Waals surface area contributed by atoms with Gasteiger partial charge >= 0.3 is 5.97 Å². The SMILES string of the molecule is COC(=O)C1CCCN1S(=O)(=O)c1ccccc1C(N)=S. The summed E-state index contributed by atoms with van der Waals surface area (Å²) in [6.07, 6.45) is 1.05. The van der Waals surface area contributed by atoms with Crippen molar-refractivity contribution in [2.24, 2.45) is 5.73 Å². The molecule has 8 heteroatoms. The predicted molar refractivity (Wildman–Crippen MR) is 81.3 cm³/mol. The van der Waals surface area contributed by atoms with Gasteiger partial charge in [0, 0.05) is 12.1 Å². The van der Waals surface area contributed by atoms with Crippen LogP contribution in [0.3, 0.4) is 0 Å². The molecule has 0 saturated carbocycles. The van der Waals surface area contributed by atoms with Crippen LogP contribution in [0.4, 0.5) is 0 Å². The second-order valence-corrected chi connectivity index (χ2v) is 6.96. The Labute approximate surface area is 128 Å². The average molecular weight is 328 g/mol. The summed E-state index contributed by atoms with van der Waals surface area (Å²) in [5.41, 5.74) is 5.87. The molecule has 0 bridgehead atoms. The molecule has 1 aromatic rings. The minimum atomic E-state index is -3.85. The number of rotatable bonds is 4. The van der Waals surface area contributed by atoms with Crippen molar-refractivity contribution in [2.45, 2.75) is 23.8 Å². The Balaban J connectivity index is 2.48. The number of carbonyl (C=O) groups excluding carboxylic acids is 1. The Bertz CT molecular complexity index is 673. The lowest BCUT2D eigenvalue weighted by atomic mass is 10.2. The van der Waals surface area contributed by atoms with E-state index < -0.39 is 22.0 Å². The van der Waals surface area contributed by atoms with Gasteiger partial charge < -0.3 is 10.5 Å². The van der Waals surface area contributed by atoms with Crippen molar-refractivity contribution in [1.82, 2.24) is 4.31 Å². The number of nitrogens with zero attached hydrogens (tertiary/aromatic N) is 1. The topological polar surface area (TPSA) is 89.7 Å². The highest BCUT2D eigenvalue weighted by Crippen LogP contribution is 2.28. The summed E-state index contributed by atoms with van der Waals surface area (Å²) >= 11 is 4.90. The molecule has 0 amide bonds. The molecule has 1 fully saturated rings. The molecule has 0 spiro atoms. The molecular weight excluding hydrogens is 312 g/mol. The molecule has 1 aliphatic heterocycles. The van der Waals surface area contributed by atoms with Gasteiger partial charge in [-0.25, -0.2) is 8.42 Å². The second-order valence-electron chi connectivity index (χ2n) is 4.66. The smallest absolute Gasteiger partial charge is 0.324 e. The Morgan fingerprint density at radius 3 is 2.71 bits per heavy atom. The van der Waals surface area contributed by atoms with Crippen molar-refractivity contribution in [2.75, 3.05) is 13.7 Å². The summed E-state index contributed by atoms with van der Waals surface area (Å²) in [4.78, 5) is 11.8. The third-order valence-corrected chi connectivity index (χ3v) is 5.60. The van der Waals surface area contributed by atoms with Gasteiger partial charge in [-0.2, -0.15) is 4.31 Å². The summed E-state index contributed by atoms with van der Waals surface area (Å²) in [5, 5.41) is 0. The zero-order valence-electron chi connectivity index (χ0n) is 11.5. The molecule has 0 aliphatic carbocycles. The standard InChI is InChI=1S/C13H16N2O4S2/c1-19-13(16)10-6-4-8-15(10)21(17,18)11-7-3-2-5-9(11)12(14)20/h2-3,5,7,10H,4,6,8H2,1H3,(H2,14,20). The van der Waals surface area contributed by atoms with Crippen LogP contribution >= 0.6 is 12.2 Å². The number of ether oxygens (including phenoxy) is 1. The van der Waals surface area contributed by atoms with Crippen LogP contribution in [-0.2, 0) is 19.6 Å². The van der Waals surface area contributed by atoms with Gasteiger partial charge in [-0.3, -0.25) is 4.79 Å². The van der Waals surface area contributed by atoms with E-state index in [1.807, 2.05) is 0 Å². The van der Waals surface area contributed by atoms with E-state index in [0.717, 1.165) is 4.31 Å². The van der Waals surface area contributed by atoms with Crippen molar-refractivity contribution in [3.05, 3.63) is 29.8 Å². The van der Waals surface area contributed by atoms with Crippen molar-refractivity contribution in [1.29, 1.82) is 0 Å². The van der Waals surface area contributed by atoms with Gasteiger partial charge in [0.2, 0.25) is 10.0 Å². The molecule has 0 radical (unpaired) electrons. The van der Waals surface area contributed by atoms with Crippen LogP contribution in [-0.4, -0.2) is 43.4 Å². The highest BCUT2D eigenvalue weighted by molar-refractivity contribution is 7.89. The van der Waals surface area contributed by atoms with E-state index in [1.54, 1.807) is 18.2 Å². The van der Waals surface area contributed by atoms with Crippen molar-refractivity contribution >= 4 is 33.2 Å². The van der Waals surface area contributed by atoms with Crippen LogP contribution in [0.15, 0.2) is 29.2 Å². The number of carbonyl (C=O) groups is 1. The van der Waals surface area contributed by atoms with Gasteiger partial charge in [0.25, 0.3) is 0 Å². The molecule has 0 aromatic heterocycles. The number of hydrogen-bond donors (Lipinski definition) is 1. The van der Waals surface area contributed by atoms with E-state index in [1.165, 1.54) is 13.2 Å². The maximum Gasteiger partial charge on any atom is 0.324 e. The molecule has 1 aromatic carbocycles. The Morgan fingerprint density at radius 2 is 2.10 bits per heavy atom. The van der Waals surface area contributed by atoms with Crippen LogP contribution < -0.4 is 5.73 Å². The zero-order chi connectivity index (χ0) is 15.6. The first-order valence-corrected chi connectivity index (χ1v) is 8.23. The van der Waals surface area contributed by atoms with Gasteiger partial charge in [0.05, 0.1) is 12.0 Å². The number of hydrogen-bond acceptors (Lipinski definition) is 5. The van der Waals surface area contributed by atoms with Crippen LogP contribution in [0.25, 0.3) is 0 Å². The largest absolute Gasteiger partial charge is 0.468 e. The third kappa shape index (κ3) is 2.92. The lowest BCUT2D eigenvalue weighted by Gasteiger charge is -2.23. The maximum absolute atomic E-state index is 12.8. The van der Waals surface area contributed by atoms with Gasteiger partial charge in [-0.1, -0.05) is 30.4 Å². The maximum atomic E-state index is 12.8. The average Bonchev–Trinajstić information content (AvgIpc) is 2.96. The molecular formula is C13H16N2O4S2. The first-order chi connectivity index (χ1) is 9.89. The number of benzene rings is 1. The van der Waals surface area contributed by atoms with Crippen molar-refractivity contribution in [3.8, 4) is 0 Å². The fraction of sp³-hybridized carbons (Fsp3) is 0.385. The highest BCUT2D eigenvalue weighted by atomic mass is 32.2. The summed E-state index contributed by atoms with van der Waals surface area (Å²) < 4.78 is 31.4. The molecule has 2 N–H and O–H groups in total. The van der Waals surface area contributed by atoms with E-state index in [0.29, 0.717) is 12.8 Å². The fourth-order valence-corrected chi connectivity index (χ4v) is 4.52. The molecule has 1 heterocycles. The van der Waals surface area contributed by atoms with Gasteiger partial charge in [-0.05, 0) is 18.9 Å². The molecule has 1 aliphatic rings. The lowest BCUT2D eigenvalue weighted by molar-refractivity contribution is -0.144. The lowest BCUT2D eigenvalue weighted by Crippen LogP contribution is -2.41. The highest BCUT2D eigenvalue weighted by Gasteiger charge is 2.40. The first kappa shape index (κ1) is 15.9. The summed E-state index contributed by atoms with van der Waals surface area (Å²) in [6.45, 7) is 0.272. The Kier molecular flexibility index (Phi) is 4.60. The van der Waals surface area contributed by atoms with Gasteiger partial charge in [0.1, 0.15) is 11.0 Å². The molecule has 6 nitrogen and oxygen atoms in total. The molecule has 1 unspecified atom stereocenters. The third-order valence-electron chi connectivity index (χ3n) is 3.42. The quantitative estimate of drug-likeness (QED) is 0.645. The number of sulfonamides is 1. The van der Waals surface area contributed by atoms with Crippen molar-refractivity contribution in [3.63, 3.8) is 0 Å². The van der Waals surface area contributed by atoms with Crippen molar-refractivity contribution < 1.29 is 17.9 Å². The molecule has 1 atom stereocenters. The minimum absolute atomic E-state index is 0.00277. The number of nitrogens with two attached hydrogens (primary N) is 1. The van der Waals surface area contributed by atoms with Crippen LogP contribution in [0, 0.1) is 0 Å². The van der Waals surface area contributed by atoms with E-state index >= 15 is 0 Å². The summed E-state index contributed by atoms with van der Waals surface area (Å²) in [7, 11) is -2.61. The predicted octanol–water partition coefficient (Wildman–Crippen LogP) is 0.647. The van der Waals surface area contributed by atoms with Crippen LogP contribution in [0.1, 0.15) is 18.4 Å². The molecule has 114 valence electrons. The second kappa shape index (κ2) is 6.08. The van der Waals surface area contributed by atoms with E-state index in [-0.39, 0.29) is 22.0 Å². The Morgan fingerprint density at radius 1 is 1.43 bits per heavy atom. The first-order valence-electron chi connectivity index (χ1n) is 6.38. The summed E-state index contributed by atoms with van der Waals surface area (Å²) in [5.74, 6) is -0.552. The van der Waals surface area contributed by atoms with E-state index in [4.69, 9.17) is 18.0 Å². The summed E-state index contributed by atoms with van der Waals surface area (Å²) in [6, 6.07) is 5.46. The number of esters is 1. The minimum Gasteiger partial charge on any atom is -0.468 e. The molecule has 2 rings (SSSR count). The zero-order valence-corrected chi connectivity index (χ0v) is 13.1. The normalized spacial score (nSPS) is 19.4. The van der Waals surface area contributed by atoms with Crippen LogP contribution in [0.5, 0.6) is 0 Å². The monoisotopic (exact) mass is 328 g/mol. The van der Waals surface area contributed by atoms with Gasteiger partial charge in [-0.15, -0.1) is 0 Å². The Hall–Kier alpha value is -1.51. The van der Waals surface area contributed by atoms with E-state index in [9.17, 15) is 13.2 Å². The van der Waals surface area contributed by atoms with Crippen LogP contribution in [0.2, 0.25) is 0 Å². The van der Waals surface area contributed by atoms with Gasteiger partial charge in [0.15, 0.2) is 0 Å².